The fraction of sp³-hybridized carbons (Fsp3) is 0.393. The number of esters is 2. The number of benzene rings is 2. The molecule has 196 valence electrons. The van der Waals surface area contributed by atoms with E-state index >= 15 is 0 Å². The van der Waals surface area contributed by atoms with Gasteiger partial charge < -0.3 is 23.7 Å². The molecule has 0 bridgehead atoms. The van der Waals surface area contributed by atoms with Crippen LogP contribution in [0, 0.1) is 5.92 Å². The fourth-order valence-electron chi connectivity index (χ4n) is 4.33. The molecule has 0 unspecified atom stereocenters. The van der Waals surface area contributed by atoms with Gasteiger partial charge in [0.25, 0.3) is 0 Å². The zero-order valence-corrected chi connectivity index (χ0v) is 21.0. The van der Waals surface area contributed by atoms with Gasteiger partial charge in [0.1, 0.15) is 23.3 Å². The number of carbonyl (C=O) groups is 2. The maximum atomic E-state index is 13.2. The van der Waals surface area contributed by atoms with Crippen molar-refractivity contribution in [1.82, 2.24) is 4.90 Å². The van der Waals surface area contributed by atoms with Gasteiger partial charge in [0.2, 0.25) is 11.2 Å². The van der Waals surface area contributed by atoms with E-state index in [-0.39, 0.29) is 34.2 Å². The highest BCUT2D eigenvalue weighted by Crippen LogP contribution is 2.31. The SMILES string of the molecule is CCCOC(=O)c1ccc(Oc2coc3c(CN4CCC(C(=O)OCC)CC4)c(O)ccc3c2=O)cc1. The van der Waals surface area contributed by atoms with Gasteiger partial charge in [0, 0.05) is 6.54 Å². The third kappa shape index (κ3) is 6.11. The summed E-state index contributed by atoms with van der Waals surface area (Å²) in [4.78, 5) is 39.3. The number of aromatic hydroxyl groups is 1. The normalized spacial score (nSPS) is 14.4. The smallest absolute Gasteiger partial charge is 0.338 e. The number of likely N-dealkylation sites (tertiary alicyclic amines) is 1. The molecule has 1 aliphatic heterocycles. The summed E-state index contributed by atoms with van der Waals surface area (Å²) in [6.45, 7) is 6.12. The summed E-state index contributed by atoms with van der Waals surface area (Å²) in [6, 6.07) is 9.27. The minimum Gasteiger partial charge on any atom is -0.507 e. The number of hydrogen-bond acceptors (Lipinski definition) is 9. The standard InChI is InChI=1S/C28H31NO8/c1-3-15-35-28(33)18-5-7-20(8-6-18)37-24-17-36-26-21(25(24)31)9-10-23(30)22(26)16-29-13-11-19(12-14-29)27(32)34-4-2/h5-10,17,19,30H,3-4,11-16H2,1-2H3. The van der Waals surface area contributed by atoms with E-state index in [1.807, 2.05) is 6.92 Å². The largest absolute Gasteiger partial charge is 0.507 e. The molecule has 0 radical (unpaired) electrons. The van der Waals surface area contributed by atoms with Crippen LogP contribution < -0.4 is 10.2 Å². The first kappa shape index (κ1) is 26.2. The van der Waals surface area contributed by atoms with E-state index in [9.17, 15) is 19.5 Å². The highest BCUT2D eigenvalue weighted by molar-refractivity contribution is 5.89. The Morgan fingerprint density at radius 2 is 1.78 bits per heavy atom. The molecule has 2 heterocycles. The lowest BCUT2D eigenvalue weighted by atomic mass is 9.96. The summed E-state index contributed by atoms with van der Waals surface area (Å²) in [5.74, 6) is -0.327. The van der Waals surface area contributed by atoms with E-state index in [0.29, 0.717) is 68.1 Å². The lowest BCUT2D eigenvalue weighted by Crippen LogP contribution is -2.36. The van der Waals surface area contributed by atoms with Crippen LogP contribution >= 0.6 is 0 Å². The van der Waals surface area contributed by atoms with Gasteiger partial charge in [-0.15, -0.1) is 0 Å². The second-order valence-electron chi connectivity index (χ2n) is 8.93. The number of nitrogens with zero attached hydrogens (tertiary/aromatic N) is 1. The Bertz CT molecular complexity index is 1310. The van der Waals surface area contributed by atoms with Crippen LogP contribution in [-0.4, -0.2) is 48.2 Å². The average Bonchev–Trinajstić information content (AvgIpc) is 2.91. The lowest BCUT2D eigenvalue weighted by molar-refractivity contribution is -0.149. The molecular formula is C28H31NO8. The monoisotopic (exact) mass is 509 g/mol. The lowest BCUT2D eigenvalue weighted by Gasteiger charge is -2.31. The molecule has 1 aromatic heterocycles. The summed E-state index contributed by atoms with van der Waals surface area (Å²) in [7, 11) is 0. The van der Waals surface area contributed by atoms with Crippen LogP contribution in [0.1, 0.15) is 49.0 Å². The highest BCUT2D eigenvalue weighted by Gasteiger charge is 2.27. The number of piperidine rings is 1. The fourth-order valence-corrected chi connectivity index (χ4v) is 4.33. The van der Waals surface area contributed by atoms with E-state index in [2.05, 4.69) is 4.90 Å². The van der Waals surface area contributed by atoms with Crippen LogP contribution in [-0.2, 0) is 20.8 Å². The number of ether oxygens (including phenoxy) is 3. The number of hydrogen-bond donors (Lipinski definition) is 1. The second kappa shape index (κ2) is 11.9. The van der Waals surface area contributed by atoms with Crippen molar-refractivity contribution in [3.63, 3.8) is 0 Å². The Hall–Kier alpha value is -3.85. The van der Waals surface area contributed by atoms with Crippen molar-refractivity contribution in [2.45, 2.75) is 39.7 Å². The van der Waals surface area contributed by atoms with E-state index in [0.717, 1.165) is 6.42 Å². The molecule has 1 N–H and O–H groups in total. The molecule has 3 aromatic rings. The topological polar surface area (TPSA) is 116 Å². The van der Waals surface area contributed by atoms with Gasteiger partial charge in [-0.25, -0.2) is 4.79 Å². The molecule has 4 rings (SSSR count). The first-order valence-corrected chi connectivity index (χ1v) is 12.5. The second-order valence-corrected chi connectivity index (χ2v) is 8.93. The molecule has 0 atom stereocenters. The van der Waals surface area contributed by atoms with Crippen molar-refractivity contribution in [2.75, 3.05) is 26.3 Å². The predicted molar refractivity (Wildman–Crippen MR) is 136 cm³/mol. The van der Waals surface area contributed by atoms with Crippen LogP contribution in [0.15, 0.2) is 51.9 Å². The predicted octanol–water partition coefficient (Wildman–Crippen LogP) is 4.63. The van der Waals surface area contributed by atoms with Crippen molar-refractivity contribution in [2.24, 2.45) is 5.92 Å². The minimum atomic E-state index is -0.420. The van der Waals surface area contributed by atoms with E-state index in [1.54, 1.807) is 31.2 Å². The molecule has 0 saturated carbocycles. The zero-order chi connectivity index (χ0) is 26.4. The Labute approximate surface area is 214 Å². The van der Waals surface area contributed by atoms with Gasteiger partial charge in [-0.2, -0.15) is 0 Å². The molecular weight excluding hydrogens is 478 g/mol. The minimum absolute atomic E-state index is 0.0132. The van der Waals surface area contributed by atoms with Gasteiger partial charge in [0.05, 0.1) is 35.6 Å². The molecule has 2 aromatic carbocycles. The maximum Gasteiger partial charge on any atom is 0.338 e. The summed E-state index contributed by atoms with van der Waals surface area (Å²) < 4.78 is 21.8. The van der Waals surface area contributed by atoms with Gasteiger partial charge in [0.15, 0.2) is 0 Å². The molecule has 0 spiro atoms. The van der Waals surface area contributed by atoms with Crippen molar-refractivity contribution >= 4 is 22.9 Å². The van der Waals surface area contributed by atoms with Crippen molar-refractivity contribution in [3.05, 3.63) is 64.0 Å². The van der Waals surface area contributed by atoms with Gasteiger partial charge >= 0.3 is 11.9 Å². The number of phenols is 1. The van der Waals surface area contributed by atoms with Gasteiger partial charge in [-0.3, -0.25) is 14.5 Å². The van der Waals surface area contributed by atoms with E-state index < -0.39 is 5.97 Å². The van der Waals surface area contributed by atoms with Crippen LogP contribution in [0.25, 0.3) is 11.0 Å². The molecule has 9 heteroatoms. The summed E-state index contributed by atoms with van der Waals surface area (Å²) in [5, 5.41) is 10.8. The molecule has 1 fully saturated rings. The van der Waals surface area contributed by atoms with Crippen molar-refractivity contribution in [3.8, 4) is 17.2 Å². The van der Waals surface area contributed by atoms with Crippen LogP contribution in [0.5, 0.6) is 17.2 Å². The molecule has 9 nitrogen and oxygen atoms in total. The van der Waals surface area contributed by atoms with Gasteiger partial charge in [-0.05, 0) is 75.7 Å². The Kier molecular flexibility index (Phi) is 8.45. The van der Waals surface area contributed by atoms with Crippen LogP contribution in [0.2, 0.25) is 0 Å². The first-order valence-electron chi connectivity index (χ1n) is 12.5. The number of phenolic OH excluding ortho intramolecular Hbond substituents is 1. The van der Waals surface area contributed by atoms with E-state index in [4.69, 9.17) is 18.6 Å². The van der Waals surface area contributed by atoms with Crippen molar-refractivity contribution < 1.29 is 33.3 Å². The Morgan fingerprint density at radius 3 is 2.46 bits per heavy atom. The summed E-state index contributed by atoms with van der Waals surface area (Å²) in [5.41, 5.74) is 0.803. The summed E-state index contributed by atoms with van der Waals surface area (Å²) >= 11 is 0. The van der Waals surface area contributed by atoms with Crippen molar-refractivity contribution in [1.29, 1.82) is 0 Å². The molecule has 0 amide bonds. The molecule has 0 aliphatic carbocycles. The number of carbonyl (C=O) groups excluding carboxylic acids is 2. The Balaban J connectivity index is 1.49. The zero-order valence-electron chi connectivity index (χ0n) is 21.0. The third-order valence-electron chi connectivity index (χ3n) is 6.33. The molecule has 1 saturated heterocycles. The molecule has 1 aliphatic rings. The average molecular weight is 510 g/mol. The highest BCUT2D eigenvalue weighted by atomic mass is 16.5. The quantitative estimate of drug-likeness (QED) is 0.412. The van der Waals surface area contributed by atoms with E-state index in [1.165, 1.54) is 18.4 Å². The number of rotatable bonds is 9. The molecule has 37 heavy (non-hydrogen) atoms. The number of fused-ring (bicyclic) bond motifs is 1. The first-order chi connectivity index (χ1) is 17.9. The third-order valence-corrected chi connectivity index (χ3v) is 6.33. The summed E-state index contributed by atoms with van der Waals surface area (Å²) in [6.07, 6.45) is 3.30. The van der Waals surface area contributed by atoms with Crippen LogP contribution in [0.3, 0.4) is 0 Å². The maximum absolute atomic E-state index is 13.2. The Morgan fingerprint density at radius 1 is 1.05 bits per heavy atom. The van der Waals surface area contributed by atoms with Crippen LogP contribution in [0.4, 0.5) is 0 Å². The van der Waals surface area contributed by atoms with Gasteiger partial charge in [-0.1, -0.05) is 6.92 Å².